The minimum absolute atomic E-state index is 0.108. The smallest absolute Gasteiger partial charge is 0.264 e. The number of hydrogen-bond acceptors (Lipinski definition) is 4. The van der Waals surface area contributed by atoms with Crippen molar-refractivity contribution in [2.45, 2.75) is 77.8 Å². The summed E-state index contributed by atoms with van der Waals surface area (Å²) < 4.78 is 29.4. The number of hydrogen-bond donors (Lipinski definition) is 1. The van der Waals surface area contributed by atoms with E-state index in [1.165, 1.54) is 9.21 Å². The van der Waals surface area contributed by atoms with Gasteiger partial charge in [-0.05, 0) is 68.0 Å². The Kier molecular flexibility index (Phi) is 11.5. The van der Waals surface area contributed by atoms with Crippen LogP contribution in [0.5, 0.6) is 0 Å². The first-order chi connectivity index (χ1) is 19.6. The number of aryl methyl sites for hydroxylation is 3. The van der Waals surface area contributed by atoms with Crippen LogP contribution in [-0.2, 0) is 32.6 Å². The molecule has 0 unspecified atom stereocenters. The van der Waals surface area contributed by atoms with Crippen LogP contribution in [-0.4, -0.2) is 44.3 Å². The highest BCUT2D eigenvalue weighted by Gasteiger charge is 2.34. The first-order valence-electron chi connectivity index (χ1n) is 14.4. The summed E-state index contributed by atoms with van der Waals surface area (Å²) in [4.78, 5) is 29.2. The second kappa shape index (κ2) is 14.8. The van der Waals surface area contributed by atoms with E-state index in [0.717, 1.165) is 35.1 Å². The summed E-state index contributed by atoms with van der Waals surface area (Å²) in [6, 6.07) is 20.9. The fourth-order valence-corrected chi connectivity index (χ4v) is 6.25. The molecule has 3 rings (SSSR count). The van der Waals surface area contributed by atoms with Gasteiger partial charge >= 0.3 is 0 Å². The minimum Gasteiger partial charge on any atom is -0.354 e. The summed E-state index contributed by atoms with van der Waals surface area (Å²) in [7, 11) is -4.10. The highest BCUT2D eigenvalue weighted by Crippen LogP contribution is 2.28. The van der Waals surface area contributed by atoms with Gasteiger partial charge in [0.1, 0.15) is 12.6 Å². The molecule has 1 N–H and O–H groups in total. The topological polar surface area (TPSA) is 86.8 Å². The average molecular weight is 578 g/mol. The molecule has 0 saturated carbocycles. The Morgan fingerprint density at radius 3 is 2.10 bits per heavy atom. The number of amides is 2. The normalized spacial score (nSPS) is 12.0. The van der Waals surface area contributed by atoms with Gasteiger partial charge in [-0.2, -0.15) is 0 Å². The summed E-state index contributed by atoms with van der Waals surface area (Å²) in [6.45, 7) is 10.0. The number of unbranched alkanes of at least 4 members (excludes halogenated alkanes) is 1. The summed E-state index contributed by atoms with van der Waals surface area (Å²) in [5.41, 5.74) is 4.10. The Hall–Kier alpha value is -3.65. The monoisotopic (exact) mass is 577 g/mol. The molecule has 0 aliphatic heterocycles. The SMILES string of the molecule is CCCCNC(=O)[C@@H](CC)N(Cc1ccccc1C)C(=O)CN(c1ccccc1CC)S(=O)(=O)c1ccc(C)cc1. The van der Waals surface area contributed by atoms with Crippen LogP contribution < -0.4 is 9.62 Å². The molecule has 2 amide bonds. The molecule has 3 aromatic rings. The lowest BCUT2D eigenvalue weighted by Gasteiger charge is -2.34. The predicted octanol–water partition coefficient (Wildman–Crippen LogP) is 5.78. The third-order valence-electron chi connectivity index (χ3n) is 7.35. The first kappa shape index (κ1) is 31.9. The van der Waals surface area contributed by atoms with Crippen LogP contribution in [0, 0.1) is 13.8 Å². The zero-order valence-electron chi connectivity index (χ0n) is 24.9. The van der Waals surface area contributed by atoms with E-state index in [1.54, 1.807) is 36.4 Å². The highest BCUT2D eigenvalue weighted by atomic mass is 32.2. The van der Waals surface area contributed by atoms with Crippen LogP contribution in [0.3, 0.4) is 0 Å². The first-order valence-corrected chi connectivity index (χ1v) is 15.9. The van der Waals surface area contributed by atoms with Crippen LogP contribution in [0.15, 0.2) is 77.7 Å². The van der Waals surface area contributed by atoms with E-state index >= 15 is 0 Å². The van der Waals surface area contributed by atoms with Gasteiger partial charge in [0.25, 0.3) is 10.0 Å². The second-order valence-corrected chi connectivity index (χ2v) is 12.2. The van der Waals surface area contributed by atoms with E-state index in [0.29, 0.717) is 25.1 Å². The minimum atomic E-state index is -4.10. The molecule has 8 heteroatoms. The summed E-state index contributed by atoms with van der Waals surface area (Å²) >= 11 is 0. The van der Waals surface area contributed by atoms with E-state index < -0.39 is 28.5 Å². The maximum atomic E-state index is 14.2. The maximum absolute atomic E-state index is 14.2. The van der Waals surface area contributed by atoms with Gasteiger partial charge in [-0.3, -0.25) is 13.9 Å². The number of carbonyl (C=O) groups is 2. The number of nitrogens with zero attached hydrogens (tertiary/aromatic N) is 2. The molecule has 0 heterocycles. The van der Waals surface area contributed by atoms with Gasteiger partial charge in [0.2, 0.25) is 11.8 Å². The van der Waals surface area contributed by atoms with E-state index in [4.69, 9.17) is 0 Å². The van der Waals surface area contributed by atoms with E-state index in [2.05, 4.69) is 12.2 Å². The molecule has 7 nitrogen and oxygen atoms in total. The van der Waals surface area contributed by atoms with Crippen molar-refractivity contribution in [1.29, 1.82) is 0 Å². The van der Waals surface area contributed by atoms with Gasteiger partial charge in [0.15, 0.2) is 0 Å². The largest absolute Gasteiger partial charge is 0.354 e. The van der Waals surface area contributed by atoms with Crippen LogP contribution in [0.1, 0.15) is 62.3 Å². The molecular formula is C33H43N3O4S. The summed E-state index contributed by atoms with van der Waals surface area (Å²) in [6.07, 6.45) is 2.76. The molecule has 3 aromatic carbocycles. The number of carbonyl (C=O) groups excluding carboxylic acids is 2. The standard InChI is InChI=1S/C33H43N3O4S/c1-6-9-22-34-33(38)30(8-3)35(23-28-16-11-10-14-26(28)5)32(37)24-36(31-17-13-12-15-27(31)7-2)41(39,40)29-20-18-25(4)19-21-29/h10-21,30H,6-9,22-24H2,1-5H3,(H,34,38)/t30-/m1/s1. The van der Waals surface area contributed by atoms with Crippen molar-refractivity contribution in [2.24, 2.45) is 0 Å². The zero-order chi connectivity index (χ0) is 30.0. The van der Waals surface area contributed by atoms with E-state index in [-0.39, 0.29) is 17.3 Å². The van der Waals surface area contributed by atoms with Crippen LogP contribution in [0.2, 0.25) is 0 Å². The molecule has 1 atom stereocenters. The Labute approximate surface area is 245 Å². The summed E-state index contributed by atoms with van der Waals surface area (Å²) in [5, 5.41) is 2.97. The average Bonchev–Trinajstić information content (AvgIpc) is 2.97. The number of sulfonamides is 1. The molecule has 0 aliphatic carbocycles. The number of benzene rings is 3. The lowest BCUT2D eigenvalue weighted by molar-refractivity contribution is -0.140. The van der Waals surface area contributed by atoms with Crippen LogP contribution in [0.4, 0.5) is 5.69 Å². The molecule has 41 heavy (non-hydrogen) atoms. The van der Waals surface area contributed by atoms with Crippen molar-refractivity contribution in [3.63, 3.8) is 0 Å². The van der Waals surface area contributed by atoms with E-state index in [1.807, 2.05) is 64.1 Å². The summed E-state index contributed by atoms with van der Waals surface area (Å²) in [5.74, 6) is -0.669. The molecule has 0 aliphatic rings. The number of anilines is 1. The highest BCUT2D eigenvalue weighted by molar-refractivity contribution is 7.92. The molecule has 0 bridgehead atoms. The van der Waals surface area contributed by atoms with Crippen molar-refractivity contribution in [3.8, 4) is 0 Å². The zero-order valence-corrected chi connectivity index (χ0v) is 25.7. The van der Waals surface area contributed by atoms with E-state index in [9.17, 15) is 18.0 Å². The van der Waals surface area contributed by atoms with Gasteiger partial charge in [0, 0.05) is 13.1 Å². The fraction of sp³-hybridized carbons (Fsp3) is 0.394. The van der Waals surface area contributed by atoms with Gasteiger partial charge in [-0.15, -0.1) is 0 Å². The van der Waals surface area contributed by atoms with Crippen LogP contribution in [0.25, 0.3) is 0 Å². The molecule has 0 aromatic heterocycles. The van der Waals surface area contributed by atoms with Gasteiger partial charge < -0.3 is 10.2 Å². The van der Waals surface area contributed by atoms with Crippen molar-refractivity contribution in [3.05, 3.63) is 95.1 Å². The van der Waals surface area contributed by atoms with Gasteiger partial charge in [-0.1, -0.05) is 87.4 Å². The van der Waals surface area contributed by atoms with Crippen molar-refractivity contribution in [1.82, 2.24) is 10.2 Å². The molecular weight excluding hydrogens is 534 g/mol. The third kappa shape index (κ3) is 7.97. The quantitative estimate of drug-likeness (QED) is 0.246. The Morgan fingerprint density at radius 1 is 0.854 bits per heavy atom. The molecule has 0 saturated heterocycles. The number of nitrogens with one attached hydrogen (secondary N) is 1. The third-order valence-corrected chi connectivity index (χ3v) is 9.12. The molecule has 220 valence electrons. The Morgan fingerprint density at radius 2 is 1.49 bits per heavy atom. The Bertz CT molecular complexity index is 1420. The van der Waals surface area contributed by atoms with Gasteiger partial charge in [0.05, 0.1) is 10.6 Å². The fourth-order valence-electron chi connectivity index (χ4n) is 4.80. The number of rotatable bonds is 14. The van der Waals surface area contributed by atoms with Crippen LogP contribution >= 0.6 is 0 Å². The Balaban J connectivity index is 2.08. The van der Waals surface area contributed by atoms with Crippen molar-refractivity contribution < 1.29 is 18.0 Å². The maximum Gasteiger partial charge on any atom is 0.264 e. The van der Waals surface area contributed by atoms with Gasteiger partial charge in [-0.25, -0.2) is 8.42 Å². The predicted molar refractivity (Wildman–Crippen MR) is 165 cm³/mol. The number of para-hydroxylation sites is 1. The van der Waals surface area contributed by atoms with Crippen molar-refractivity contribution in [2.75, 3.05) is 17.4 Å². The lowest BCUT2D eigenvalue weighted by Crippen LogP contribution is -2.52. The molecule has 0 fully saturated rings. The van der Waals surface area contributed by atoms with Crippen molar-refractivity contribution >= 4 is 27.5 Å². The lowest BCUT2D eigenvalue weighted by atomic mass is 10.1. The molecule has 0 spiro atoms. The second-order valence-electron chi connectivity index (χ2n) is 10.3. The molecule has 0 radical (unpaired) electrons.